The lowest BCUT2D eigenvalue weighted by atomic mass is 10.1. The molecule has 6 heteroatoms. The molecule has 3 rings (SSSR count). The van der Waals surface area contributed by atoms with Gasteiger partial charge in [-0.15, -0.1) is 10.2 Å². The van der Waals surface area contributed by atoms with Gasteiger partial charge >= 0.3 is 0 Å². The second-order valence-corrected chi connectivity index (χ2v) is 4.62. The highest BCUT2D eigenvalue weighted by Crippen LogP contribution is 2.17. The number of ether oxygens (including phenoxy) is 1. The van der Waals surface area contributed by atoms with E-state index in [9.17, 15) is 0 Å². The zero-order valence-electron chi connectivity index (χ0n) is 9.34. The predicted octanol–water partition coefficient (Wildman–Crippen LogP) is 1.89. The van der Waals surface area contributed by atoms with Gasteiger partial charge in [-0.25, -0.2) is 4.98 Å². The van der Waals surface area contributed by atoms with Crippen molar-refractivity contribution in [2.24, 2.45) is 0 Å². The summed E-state index contributed by atoms with van der Waals surface area (Å²) in [6, 6.07) is 1.71. The predicted molar refractivity (Wildman–Crippen MR) is 63.1 cm³/mol. The summed E-state index contributed by atoms with van der Waals surface area (Å²) in [7, 11) is 0. The van der Waals surface area contributed by atoms with Crippen molar-refractivity contribution in [1.82, 2.24) is 19.6 Å². The van der Waals surface area contributed by atoms with Crippen LogP contribution in [0.5, 0.6) is 0 Å². The van der Waals surface area contributed by atoms with Crippen molar-refractivity contribution in [3.05, 3.63) is 23.4 Å². The van der Waals surface area contributed by atoms with Gasteiger partial charge in [-0.1, -0.05) is 11.6 Å². The first-order chi connectivity index (χ1) is 8.33. The number of aromatic nitrogens is 4. The number of hydrogen-bond donors (Lipinski definition) is 0. The van der Waals surface area contributed by atoms with Gasteiger partial charge in [0.15, 0.2) is 5.65 Å². The lowest BCUT2D eigenvalue weighted by Gasteiger charge is -2.07. The Kier molecular flexibility index (Phi) is 2.94. The van der Waals surface area contributed by atoms with Crippen LogP contribution in [0.15, 0.2) is 12.4 Å². The molecule has 0 amide bonds. The van der Waals surface area contributed by atoms with E-state index in [-0.39, 0.29) is 0 Å². The van der Waals surface area contributed by atoms with Crippen molar-refractivity contribution in [3.8, 4) is 0 Å². The van der Waals surface area contributed by atoms with Crippen LogP contribution in [-0.4, -0.2) is 32.3 Å². The van der Waals surface area contributed by atoms with Gasteiger partial charge in [-0.05, 0) is 19.3 Å². The first-order valence-electron chi connectivity index (χ1n) is 5.80. The van der Waals surface area contributed by atoms with E-state index in [1.807, 2.05) is 4.40 Å². The SMILES string of the molecule is Clc1cc2nnc(CCC3CCCO3)n2cn1. The molecule has 2 aromatic heterocycles. The van der Waals surface area contributed by atoms with Crippen molar-refractivity contribution >= 4 is 17.2 Å². The van der Waals surface area contributed by atoms with E-state index in [1.165, 1.54) is 6.42 Å². The summed E-state index contributed by atoms with van der Waals surface area (Å²) < 4.78 is 7.46. The van der Waals surface area contributed by atoms with Crippen LogP contribution < -0.4 is 0 Å². The molecule has 0 aliphatic carbocycles. The summed E-state index contributed by atoms with van der Waals surface area (Å²) in [6.45, 7) is 0.891. The highest BCUT2D eigenvalue weighted by atomic mass is 35.5. The largest absolute Gasteiger partial charge is 0.378 e. The fourth-order valence-corrected chi connectivity index (χ4v) is 2.29. The minimum atomic E-state index is 0.377. The van der Waals surface area contributed by atoms with Gasteiger partial charge < -0.3 is 4.74 Å². The third-order valence-electron chi connectivity index (χ3n) is 3.05. The Morgan fingerprint density at radius 1 is 1.47 bits per heavy atom. The lowest BCUT2D eigenvalue weighted by Crippen LogP contribution is -2.08. The molecule has 1 fully saturated rings. The van der Waals surface area contributed by atoms with Crippen LogP contribution in [0.4, 0.5) is 0 Å². The van der Waals surface area contributed by atoms with E-state index in [0.717, 1.165) is 37.3 Å². The maximum atomic E-state index is 5.80. The smallest absolute Gasteiger partial charge is 0.165 e. The summed E-state index contributed by atoms with van der Waals surface area (Å²) in [6.07, 6.45) is 6.22. The molecule has 5 nitrogen and oxygen atoms in total. The quantitative estimate of drug-likeness (QED) is 0.783. The van der Waals surface area contributed by atoms with Crippen LogP contribution in [0.1, 0.15) is 25.1 Å². The van der Waals surface area contributed by atoms with Crippen LogP contribution in [0.2, 0.25) is 5.15 Å². The zero-order valence-corrected chi connectivity index (χ0v) is 10.1. The van der Waals surface area contributed by atoms with Crippen molar-refractivity contribution in [1.29, 1.82) is 0 Å². The highest BCUT2D eigenvalue weighted by Gasteiger charge is 2.16. The molecule has 0 bridgehead atoms. The second kappa shape index (κ2) is 4.58. The summed E-state index contributed by atoms with van der Waals surface area (Å²) in [5, 5.41) is 8.67. The van der Waals surface area contributed by atoms with E-state index < -0.39 is 0 Å². The minimum absolute atomic E-state index is 0.377. The van der Waals surface area contributed by atoms with Crippen LogP contribution in [-0.2, 0) is 11.2 Å². The Bertz CT molecular complexity index is 521. The van der Waals surface area contributed by atoms with Crippen molar-refractivity contribution in [2.45, 2.75) is 31.8 Å². The average Bonchev–Trinajstić information content (AvgIpc) is 2.94. The van der Waals surface area contributed by atoms with Crippen LogP contribution >= 0.6 is 11.6 Å². The van der Waals surface area contributed by atoms with Crippen LogP contribution in [0.3, 0.4) is 0 Å². The third-order valence-corrected chi connectivity index (χ3v) is 3.26. The van der Waals surface area contributed by atoms with E-state index in [2.05, 4.69) is 15.2 Å². The molecule has 1 unspecified atom stereocenters. The summed E-state index contributed by atoms with van der Waals surface area (Å²) in [5.74, 6) is 0.916. The summed E-state index contributed by atoms with van der Waals surface area (Å²) in [5.41, 5.74) is 0.743. The number of halogens is 1. The Balaban J connectivity index is 1.76. The van der Waals surface area contributed by atoms with Crippen molar-refractivity contribution in [3.63, 3.8) is 0 Å². The molecule has 1 atom stereocenters. The van der Waals surface area contributed by atoms with Gasteiger partial charge in [0, 0.05) is 19.1 Å². The molecule has 17 heavy (non-hydrogen) atoms. The van der Waals surface area contributed by atoms with Gasteiger partial charge in [-0.2, -0.15) is 0 Å². The fraction of sp³-hybridized carbons (Fsp3) is 0.545. The normalized spacial score (nSPS) is 20.2. The first kappa shape index (κ1) is 10.9. The van der Waals surface area contributed by atoms with Crippen LogP contribution in [0.25, 0.3) is 5.65 Å². The molecule has 0 spiro atoms. The molecule has 1 aliphatic heterocycles. The average molecular weight is 253 g/mol. The van der Waals surface area contributed by atoms with Crippen molar-refractivity contribution < 1.29 is 4.74 Å². The van der Waals surface area contributed by atoms with E-state index in [0.29, 0.717) is 11.3 Å². The minimum Gasteiger partial charge on any atom is -0.378 e. The molecule has 0 radical (unpaired) electrons. The number of aryl methyl sites for hydroxylation is 1. The summed E-state index contributed by atoms with van der Waals surface area (Å²) >= 11 is 5.80. The fourth-order valence-electron chi connectivity index (χ4n) is 2.15. The van der Waals surface area contributed by atoms with Crippen molar-refractivity contribution in [2.75, 3.05) is 6.61 Å². The van der Waals surface area contributed by atoms with Gasteiger partial charge in [0.25, 0.3) is 0 Å². The molecule has 90 valence electrons. The molecular formula is C11H13ClN4O. The first-order valence-corrected chi connectivity index (χ1v) is 6.17. The van der Waals surface area contributed by atoms with Gasteiger partial charge in [0.1, 0.15) is 17.3 Å². The Hall–Kier alpha value is -1.20. The number of fused-ring (bicyclic) bond motifs is 1. The van der Waals surface area contributed by atoms with E-state index in [4.69, 9.17) is 16.3 Å². The molecule has 1 saturated heterocycles. The van der Waals surface area contributed by atoms with Gasteiger partial charge in [0.2, 0.25) is 0 Å². The number of nitrogens with zero attached hydrogens (tertiary/aromatic N) is 4. The molecule has 1 aliphatic rings. The van der Waals surface area contributed by atoms with E-state index >= 15 is 0 Å². The lowest BCUT2D eigenvalue weighted by molar-refractivity contribution is 0.104. The molecular weight excluding hydrogens is 240 g/mol. The zero-order chi connectivity index (χ0) is 11.7. The molecule has 0 N–H and O–H groups in total. The van der Waals surface area contributed by atoms with E-state index in [1.54, 1.807) is 12.4 Å². The third kappa shape index (κ3) is 2.25. The molecule has 2 aromatic rings. The van der Waals surface area contributed by atoms with Crippen LogP contribution in [0, 0.1) is 0 Å². The maximum absolute atomic E-state index is 5.80. The second-order valence-electron chi connectivity index (χ2n) is 4.23. The standard InChI is InChI=1S/C11H13ClN4O/c12-9-6-11-15-14-10(16(11)7-13-9)4-3-8-2-1-5-17-8/h6-8H,1-5H2. The number of hydrogen-bond acceptors (Lipinski definition) is 4. The van der Waals surface area contributed by atoms with Gasteiger partial charge in [-0.3, -0.25) is 4.40 Å². The topological polar surface area (TPSA) is 52.3 Å². The highest BCUT2D eigenvalue weighted by molar-refractivity contribution is 6.29. The monoisotopic (exact) mass is 252 g/mol. The Labute approximate surface area is 104 Å². The Morgan fingerprint density at radius 3 is 3.24 bits per heavy atom. The number of rotatable bonds is 3. The van der Waals surface area contributed by atoms with Gasteiger partial charge in [0.05, 0.1) is 6.10 Å². The molecule has 3 heterocycles. The molecule has 0 saturated carbocycles. The Morgan fingerprint density at radius 2 is 2.41 bits per heavy atom. The summed E-state index contributed by atoms with van der Waals surface area (Å²) in [4.78, 5) is 4.04. The molecule has 0 aromatic carbocycles. The maximum Gasteiger partial charge on any atom is 0.165 e.